The van der Waals surface area contributed by atoms with Gasteiger partial charge in [-0.25, -0.2) is 0 Å². The number of non-ortho nitro benzene ring substituents is 1. The van der Waals surface area contributed by atoms with Gasteiger partial charge in [0.25, 0.3) is 5.69 Å². The molecule has 0 amide bonds. The van der Waals surface area contributed by atoms with E-state index >= 15 is 0 Å². The number of carboxylic acid groups (broad SMARTS) is 1. The van der Waals surface area contributed by atoms with Gasteiger partial charge in [-0.15, -0.1) is 0 Å². The standard InChI is InChI=1S/C12H11BrN2O4/c1-14-6-7(2-5-10(16)17)11-8(13)3-4-9(12(11)14)15(18)19/h3-4,6H,2,5H2,1H3,(H,16,17). The molecule has 0 unspecified atom stereocenters. The van der Waals surface area contributed by atoms with E-state index < -0.39 is 10.9 Å². The number of halogens is 1. The first-order chi connectivity index (χ1) is 8.91. The third-order valence-corrected chi connectivity index (χ3v) is 3.59. The number of benzene rings is 1. The highest BCUT2D eigenvalue weighted by Crippen LogP contribution is 2.35. The summed E-state index contributed by atoms with van der Waals surface area (Å²) in [6, 6.07) is 3.05. The van der Waals surface area contributed by atoms with Crippen molar-refractivity contribution in [1.82, 2.24) is 4.57 Å². The molecule has 0 saturated carbocycles. The van der Waals surface area contributed by atoms with Crippen molar-refractivity contribution < 1.29 is 14.8 Å². The lowest BCUT2D eigenvalue weighted by Crippen LogP contribution is -1.97. The Labute approximate surface area is 116 Å². The summed E-state index contributed by atoms with van der Waals surface area (Å²) < 4.78 is 2.39. The average molecular weight is 327 g/mol. The summed E-state index contributed by atoms with van der Waals surface area (Å²) in [7, 11) is 1.71. The minimum atomic E-state index is -0.890. The first-order valence-electron chi connectivity index (χ1n) is 5.54. The smallest absolute Gasteiger partial charge is 0.303 e. The fourth-order valence-corrected chi connectivity index (χ4v) is 2.73. The third kappa shape index (κ3) is 2.46. The highest BCUT2D eigenvalue weighted by molar-refractivity contribution is 9.10. The summed E-state index contributed by atoms with van der Waals surface area (Å²) in [6.45, 7) is 0. The average Bonchev–Trinajstić information content (AvgIpc) is 2.65. The second kappa shape index (κ2) is 5.00. The minimum Gasteiger partial charge on any atom is -0.481 e. The Balaban J connectivity index is 2.65. The molecule has 7 heteroatoms. The molecule has 0 aliphatic rings. The van der Waals surface area contributed by atoms with Crippen LogP contribution in [0.15, 0.2) is 22.8 Å². The van der Waals surface area contributed by atoms with Crippen LogP contribution in [-0.4, -0.2) is 20.6 Å². The van der Waals surface area contributed by atoms with Gasteiger partial charge in [0, 0.05) is 35.6 Å². The van der Waals surface area contributed by atoms with Crippen LogP contribution in [0.1, 0.15) is 12.0 Å². The molecular weight excluding hydrogens is 316 g/mol. The summed E-state index contributed by atoms with van der Waals surface area (Å²) in [5.74, 6) is -0.890. The summed E-state index contributed by atoms with van der Waals surface area (Å²) >= 11 is 3.37. The van der Waals surface area contributed by atoms with Crippen molar-refractivity contribution >= 4 is 38.5 Å². The minimum absolute atomic E-state index is 0.00571. The third-order valence-electron chi connectivity index (χ3n) is 2.93. The van der Waals surface area contributed by atoms with Crippen molar-refractivity contribution in [1.29, 1.82) is 0 Å². The number of nitrogens with zero attached hydrogens (tertiary/aromatic N) is 2. The van der Waals surface area contributed by atoms with Gasteiger partial charge in [0.1, 0.15) is 5.52 Å². The van der Waals surface area contributed by atoms with Crippen molar-refractivity contribution in [2.75, 3.05) is 0 Å². The maximum atomic E-state index is 11.0. The van der Waals surface area contributed by atoms with Crippen LogP contribution in [0.2, 0.25) is 0 Å². The van der Waals surface area contributed by atoms with Gasteiger partial charge in [-0.05, 0) is 18.1 Å². The molecule has 0 aliphatic carbocycles. The van der Waals surface area contributed by atoms with Gasteiger partial charge in [0.2, 0.25) is 0 Å². The molecule has 2 aromatic rings. The second-order valence-corrected chi connectivity index (χ2v) is 5.06. The lowest BCUT2D eigenvalue weighted by atomic mass is 10.1. The lowest BCUT2D eigenvalue weighted by molar-refractivity contribution is -0.383. The van der Waals surface area contributed by atoms with E-state index in [2.05, 4.69) is 15.9 Å². The predicted molar refractivity (Wildman–Crippen MR) is 73.2 cm³/mol. The van der Waals surface area contributed by atoms with Crippen LogP contribution >= 0.6 is 15.9 Å². The highest BCUT2D eigenvalue weighted by atomic mass is 79.9. The molecule has 1 aromatic carbocycles. The number of aromatic nitrogens is 1. The summed E-state index contributed by atoms with van der Waals surface area (Å²) in [5, 5.41) is 20.5. The van der Waals surface area contributed by atoms with Crippen LogP contribution in [0.5, 0.6) is 0 Å². The number of hydrogen-bond donors (Lipinski definition) is 1. The molecule has 0 saturated heterocycles. The SMILES string of the molecule is Cn1cc(CCC(=O)O)c2c(Br)ccc([N+](=O)[O-])c21. The Bertz CT molecular complexity index is 678. The number of fused-ring (bicyclic) bond motifs is 1. The van der Waals surface area contributed by atoms with Crippen molar-refractivity contribution in [2.45, 2.75) is 12.8 Å². The Kier molecular flexibility index (Phi) is 3.57. The van der Waals surface area contributed by atoms with Crippen LogP contribution in [0.4, 0.5) is 5.69 Å². The summed E-state index contributed by atoms with van der Waals surface area (Å²) in [6.07, 6.45) is 2.08. The van der Waals surface area contributed by atoms with Gasteiger partial charge in [-0.3, -0.25) is 14.9 Å². The van der Waals surface area contributed by atoms with E-state index in [9.17, 15) is 14.9 Å². The molecule has 2 rings (SSSR count). The number of nitro groups is 1. The molecule has 19 heavy (non-hydrogen) atoms. The topological polar surface area (TPSA) is 85.4 Å². The van der Waals surface area contributed by atoms with Gasteiger partial charge in [-0.1, -0.05) is 15.9 Å². The first kappa shape index (κ1) is 13.5. The van der Waals surface area contributed by atoms with Crippen LogP contribution in [0, 0.1) is 10.1 Å². The molecular formula is C12H11BrN2O4. The molecule has 0 aliphatic heterocycles. The fraction of sp³-hybridized carbons (Fsp3) is 0.250. The zero-order valence-electron chi connectivity index (χ0n) is 10.1. The van der Waals surface area contributed by atoms with Crippen LogP contribution in [0.25, 0.3) is 10.9 Å². The Morgan fingerprint density at radius 1 is 1.53 bits per heavy atom. The number of nitro benzene ring substituents is 1. The zero-order valence-corrected chi connectivity index (χ0v) is 11.7. The molecule has 100 valence electrons. The van der Waals surface area contributed by atoms with Crippen LogP contribution in [-0.2, 0) is 18.3 Å². The van der Waals surface area contributed by atoms with E-state index in [1.165, 1.54) is 6.07 Å². The summed E-state index contributed by atoms with van der Waals surface area (Å²) in [5.41, 5.74) is 1.30. The molecule has 0 bridgehead atoms. The van der Waals surface area contributed by atoms with Gasteiger partial charge < -0.3 is 9.67 Å². The molecule has 0 spiro atoms. The maximum Gasteiger partial charge on any atom is 0.303 e. The molecule has 6 nitrogen and oxygen atoms in total. The predicted octanol–water partition coefficient (Wildman–Crippen LogP) is 2.87. The zero-order chi connectivity index (χ0) is 14.2. The monoisotopic (exact) mass is 326 g/mol. The molecule has 0 atom stereocenters. The Hall–Kier alpha value is -1.89. The van der Waals surface area contributed by atoms with Gasteiger partial charge >= 0.3 is 5.97 Å². The number of aliphatic carboxylic acids is 1. The van der Waals surface area contributed by atoms with E-state index in [-0.39, 0.29) is 12.1 Å². The van der Waals surface area contributed by atoms with E-state index in [1.807, 2.05) is 0 Å². The van der Waals surface area contributed by atoms with Crippen molar-refractivity contribution in [3.05, 3.63) is 38.5 Å². The Morgan fingerprint density at radius 3 is 2.79 bits per heavy atom. The van der Waals surface area contributed by atoms with Gasteiger partial charge in [0.15, 0.2) is 0 Å². The van der Waals surface area contributed by atoms with E-state index in [4.69, 9.17) is 5.11 Å². The normalized spacial score (nSPS) is 10.8. The second-order valence-electron chi connectivity index (χ2n) is 4.21. The van der Waals surface area contributed by atoms with Crippen LogP contribution < -0.4 is 0 Å². The highest BCUT2D eigenvalue weighted by Gasteiger charge is 2.20. The van der Waals surface area contributed by atoms with Crippen LogP contribution in [0.3, 0.4) is 0 Å². The molecule has 1 aromatic heterocycles. The maximum absolute atomic E-state index is 11.0. The van der Waals surface area contributed by atoms with E-state index in [1.54, 1.807) is 23.9 Å². The van der Waals surface area contributed by atoms with Crippen molar-refractivity contribution in [3.8, 4) is 0 Å². The van der Waals surface area contributed by atoms with Crippen molar-refractivity contribution in [2.24, 2.45) is 7.05 Å². The largest absolute Gasteiger partial charge is 0.481 e. The number of aryl methyl sites for hydroxylation is 2. The number of carbonyl (C=O) groups is 1. The van der Waals surface area contributed by atoms with Gasteiger partial charge in [-0.2, -0.15) is 0 Å². The Morgan fingerprint density at radius 2 is 2.21 bits per heavy atom. The van der Waals surface area contributed by atoms with E-state index in [0.717, 1.165) is 10.0 Å². The molecule has 0 fully saturated rings. The molecule has 1 N–H and O–H groups in total. The lowest BCUT2D eigenvalue weighted by Gasteiger charge is -2.01. The van der Waals surface area contributed by atoms with E-state index in [0.29, 0.717) is 17.3 Å². The number of hydrogen-bond acceptors (Lipinski definition) is 3. The fourth-order valence-electron chi connectivity index (χ4n) is 2.16. The first-order valence-corrected chi connectivity index (χ1v) is 6.33. The summed E-state index contributed by atoms with van der Waals surface area (Å²) in [4.78, 5) is 21.3. The molecule has 0 radical (unpaired) electrons. The number of rotatable bonds is 4. The number of carboxylic acids is 1. The van der Waals surface area contributed by atoms with Crippen molar-refractivity contribution in [3.63, 3.8) is 0 Å². The quantitative estimate of drug-likeness (QED) is 0.691. The molecule has 1 heterocycles. The van der Waals surface area contributed by atoms with Gasteiger partial charge in [0.05, 0.1) is 4.92 Å².